The van der Waals surface area contributed by atoms with Crippen molar-refractivity contribution in [3.63, 3.8) is 0 Å². The molecule has 2 aliphatic rings. The van der Waals surface area contributed by atoms with E-state index in [4.69, 9.17) is 0 Å². The van der Waals surface area contributed by atoms with E-state index in [-0.39, 0.29) is 6.10 Å². The highest BCUT2D eigenvalue weighted by atomic mass is 16.3. The van der Waals surface area contributed by atoms with Crippen LogP contribution < -0.4 is 0 Å². The van der Waals surface area contributed by atoms with Gasteiger partial charge in [0.15, 0.2) is 0 Å². The smallest absolute Gasteiger partial charge is 0.0685 e. The second-order valence-corrected chi connectivity index (χ2v) is 4.95. The monoisotopic (exact) mass is 203 g/mol. The van der Waals surface area contributed by atoms with Gasteiger partial charge in [0, 0.05) is 18.6 Å². The van der Waals surface area contributed by atoms with Crippen LogP contribution in [0.1, 0.15) is 24.8 Å². The highest BCUT2D eigenvalue weighted by Crippen LogP contribution is 2.49. The number of nitrogens with zero attached hydrogens (tertiary/aromatic N) is 1. The predicted octanol–water partition coefficient (Wildman–Crippen LogP) is 1.79. The summed E-state index contributed by atoms with van der Waals surface area (Å²) in [6, 6.07) is 10.6. The molecule has 1 aliphatic heterocycles. The standard InChI is InChI=1S/C13H17NO/c15-12-8-13(6-7-13)14(10-12)9-11-4-2-1-3-5-11/h1-5,12,15H,6-10H2/t12-/m0/s1. The minimum Gasteiger partial charge on any atom is -0.392 e. The van der Waals surface area contributed by atoms with Crippen LogP contribution in [0.3, 0.4) is 0 Å². The third kappa shape index (κ3) is 1.68. The Morgan fingerprint density at radius 2 is 2.00 bits per heavy atom. The van der Waals surface area contributed by atoms with Gasteiger partial charge >= 0.3 is 0 Å². The number of aliphatic hydroxyl groups excluding tert-OH is 1. The molecule has 1 saturated heterocycles. The molecule has 1 aliphatic carbocycles. The van der Waals surface area contributed by atoms with Crippen LogP contribution in [0, 0.1) is 0 Å². The van der Waals surface area contributed by atoms with Gasteiger partial charge in [0.25, 0.3) is 0 Å². The molecule has 0 radical (unpaired) electrons. The van der Waals surface area contributed by atoms with Gasteiger partial charge in [-0.15, -0.1) is 0 Å². The molecule has 1 atom stereocenters. The Morgan fingerprint density at radius 3 is 2.67 bits per heavy atom. The average molecular weight is 203 g/mol. The summed E-state index contributed by atoms with van der Waals surface area (Å²) in [4.78, 5) is 2.47. The molecule has 0 aromatic heterocycles. The van der Waals surface area contributed by atoms with Crippen molar-refractivity contribution in [2.75, 3.05) is 6.54 Å². The van der Waals surface area contributed by atoms with Gasteiger partial charge in [0.05, 0.1) is 6.10 Å². The minimum absolute atomic E-state index is 0.101. The van der Waals surface area contributed by atoms with E-state index in [0.29, 0.717) is 5.54 Å². The van der Waals surface area contributed by atoms with Crippen LogP contribution in [0.25, 0.3) is 0 Å². The molecular formula is C13H17NO. The van der Waals surface area contributed by atoms with E-state index in [1.165, 1.54) is 18.4 Å². The molecule has 0 amide bonds. The third-order valence-corrected chi connectivity index (χ3v) is 3.76. The first-order chi connectivity index (χ1) is 7.28. The SMILES string of the molecule is O[C@@H]1CN(Cc2ccccc2)C2(CC2)C1. The fourth-order valence-corrected chi connectivity index (χ4v) is 2.78. The van der Waals surface area contributed by atoms with Crippen LogP contribution in [0.15, 0.2) is 30.3 Å². The van der Waals surface area contributed by atoms with E-state index in [9.17, 15) is 5.11 Å². The van der Waals surface area contributed by atoms with Crippen LogP contribution in [0.5, 0.6) is 0 Å². The van der Waals surface area contributed by atoms with Crippen LogP contribution >= 0.6 is 0 Å². The summed E-state index contributed by atoms with van der Waals surface area (Å²) in [5.74, 6) is 0. The van der Waals surface area contributed by atoms with E-state index in [2.05, 4.69) is 35.2 Å². The molecule has 15 heavy (non-hydrogen) atoms. The molecule has 1 heterocycles. The molecule has 2 nitrogen and oxygen atoms in total. The van der Waals surface area contributed by atoms with Crippen LogP contribution in [0.4, 0.5) is 0 Å². The number of β-amino-alcohol motifs (C(OH)–C–C–N with tert-alkyl or cyclic N) is 1. The van der Waals surface area contributed by atoms with Gasteiger partial charge in [-0.2, -0.15) is 0 Å². The first-order valence-electron chi connectivity index (χ1n) is 5.76. The predicted molar refractivity (Wildman–Crippen MR) is 59.4 cm³/mol. The first kappa shape index (κ1) is 9.37. The lowest BCUT2D eigenvalue weighted by Crippen LogP contribution is -2.30. The first-order valence-corrected chi connectivity index (χ1v) is 5.76. The van der Waals surface area contributed by atoms with Crippen LogP contribution in [0.2, 0.25) is 0 Å². The number of likely N-dealkylation sites (tertiary alicyclic amines) is 1. The second-order valence-electron chi connectivity index (χ2n) is 4.95. The van der Waals surface area contributed by atoms with Crippen molar-refractivity contribution in [3.05, 3.63) is 35.9 Å². The van der Waals surface area contributed by atoms with Gasteiger partial charge in [-0.25, -0.2) is 0 Å². The highest BCUT2D eigenvalue weighted by Gasteiger charge is 2.53. The minimum atomic E-state index is -0.101. The summed E-state index contributed by atoms with van der Waals surface area (Å²) >= 11 is 0. The molecule has 0 bridgehead atoms. The lowest BCUT2D eigenvalue weighted by Gasteiger charge is -2.23. The third-order valence-electron chi connectivity index (χ3n) is 3.76. The number of hydrogen-bond acceptors (Lipinski definition) is 2. The average Bonchev–Trinajstić information content (AvgIpc) is 2.92. The van der Waals surface area contributed by atoms with E-state index in [0.717, 1.165) is 19.5 Å². The van der Waals surface area contributed by atoms with E-state index in [1.54, 1.807) is 0 Å². The molecule has 1 aromatic rings. The molecule has 2 fully saturated rings. The molecule has 2 heteroatoms. The molecule has 0 unspecified atom stereocenters. The number of rotatable bonds is 2. The summed E-state index contributed by atoms with van der Waals surface area (Å²) in [6.45, 7) is 1.85. The number of hydrogen-bond donors (Lipinski definition) is 1. The number of benzene rings is 1. The maximum absolute atomic E-state index is 9.71. The van der Waals surface area contributed by atoms with Gasteiger partial charge in [-0.05, 0) is 24.8 Å². The summed E-state index contributed by atoms with van der Waals surface area (Å²) < 4.78 is 0. The summed E-state index contributed by atoms with van der Waals surface area (Å²) in [5.41, 5.74) is 1.73. The molecule has 80 valence electrons. The van der Waals surface area contributed by atoms with Crippen molar-refractivity contribution in [3.8, 4) is 0 Å². The van der Waals surface area contributed by atoms with Crippen LogP contribution in [-0.2, 0) is 6.54 Å². The molecule has 3 rings (SSSR count). The van der Waals surface area contributed by atoms with Gasteiger partial charge in [-0.1, -0.05) is 30.3 Å². The topological polar surface area (TPSA) is 23.5 Å². The Hall–Kier alpha value is -0.860. The van der Waals surface area contributed by atoms with Gasteiger partial charge in [0.1, 0.15) is 0 Å². The van der Waals surface area contributed by atoms with Gasteiger partial charge < -0.3 is 5.11 Å². The van der Waals surface area contributed by atoms with Crippen molar-refractivity contribution >= 4 is 0 Å². The molecule has 1 spiro atoms. The van der Waals surface area contributed by atoms with Crippen molar-refractivity contribution in [2.45, 2.75) is 37.5 Å². The molecule has 1 saturated carbocycles. The fourth-order valence-electron chi connectivity index (χ4n) is 2.78. The maximum atomic E-state index is 9.71. The van der Waals surface area contributed by atoms with Crippen LogP contribution in [-0.4, -0.2) is 28.2 Å². The molecule has 1 N–H and O–H groups in total. The summed E-state index contributed by atoms with van der Waals surface area (Å²) in [7, 11) is 0. The van der Waals surface area contributed by atoms with E-state index >= 15 is 0 Å². The quantitative estimate of drug-likeness (QED) is 0.792. The molecular weight excluding hydrogens is 186 g/mol. The van der Waals surface area contributed by atoms with Crippen molar-refractivity contribution < 1.29 is 5.11 Å². The largest absolute Gasteiger partial charge is 0.392 e. The van der Waals surface area contributed by atoms with E-state index in [1.807, 2.05) is 0 Å². The zero-order valence-corrected chi connectivity index (χ0v) is 8.89. The normalized spacial score (nSPS) is 28.5. The van der Waals surface area contributed by atoms with Gasteiger partial charge in [-0.3, -0.25) is 4.90 Å². The maximum Gasteiger partial charge on any atom is 0.0685 e. The lowest BCUT2D eigenvalue weighted by atomic mass is 10.1. The Balaban J connectivity index is 1.74. The Labute approximate surface area is 90.5 Å². The highest BCUT2D eigenvalue weighted by molar-refractivity contribution is 5.18. The Morgan fingerprint density at radius 1 is 1.27 bits per heavy atom. The van der Waals surface area contributed by atoms with E-state index < -0.39 is 0 Å². The second kappa shape index (κ2) is 3.32. The van der Waals surface area contributed by atoms with Crippen molar-refractivity contribution in [1.29, 1.82) is 0 Å². The summed E-state index contributed by atoms with van der Waals surface area (Å²) in [5, 5.41) is 9.71. The Kier molecular flexibility index (Phi) is 2.08. The lowest BCUT2D eigenvalue weighted by molar-refractivity contribution is 0.171. The van der Waals surface area contributed by atoms with Crippen molar-refractivity contribution in [1.82, 2.24) is 4.90 Å². The zero-order chi connectivity index (χ0) is 10.3. The Bertz CT molecular complexity index is 345. The fraction of sp³-hybridized carbons (Fsp3) is 0.538. The molecule has 1 aromatic carbocycles. The van der Waals surface area contributed by atoms with Crippen molar-refractivity contribution in [2.24, 2.45) is 0 Å². The summed E-state index contributed by atoms with van der Waals surface area (Å²) in [6.07, 6.45) is 3.43. The number of aliphatic hydroxyl groups is 1. The van der Waals surface area contributed by atoms with Gasteiger partial charge in [0.2, 0.25) is 0 Å². The zero-order valence-electron chi connectivity index (χ0n) is 8.89.